The SMILES string of the molecule is CC(C(=O)O)n1cc(C(=O)CCC(=O)O)c2cccc(/C=C/c3ccc(OCCCCOc4ccccc4)cc3)c21. The van der Waals surface area contributed by atoms with Crippen LogP contribution in [0.1, 0.15) is 60.1 Å². The average Bonchev–Trinajstić information content (AvgIpc) is 3.37. The molecule has 0 aliphatic rings. The maximum atomic E-state index is 12.8. The van der Waals surface area contributed by atoms with Crippen molar-refractivity contribution in [3.8, 4) is 11.5 Å². The molecule has 1 heterocycles. The minimum Gasteiger partial charge on any atom is -0.494 e. The molecule has 0 saturated carbocycles. The summed E-state index contributed by atoms with van der Waals surface area (Å²) in [7, 11) is 0. The maximum absolute atomic E-state index is 12.8. The van der Waals surface area contributed by atoms with E-state index in [1.807, 2.05) is 72.8 Å². The van der Waals surface area contributed by atoms with Crippen molar-refractivity contribution in [3.63, 3.8) is 0 Å². The second-order valence-electron chi connectivity index (χ2n) is 9.64. The molecule has 0 saturated heterocycles. The van der Waals surface area contributed by atoms with Gasteiger partial charge in [0, 0.05) is 23.6 Å². The van der Waals surface area contributed by atoms with Crippen molar-refractivity contribution in [2.45, 2.75) is 38.6 Å². The van der Waals surface area contributed by atoms with E-state index in [-0.39, 0.29) is 18.6 Å². The van der Waals surface area contributed by atoms with E-state index in [0.29, 0.717) is 29.7 Å². The summed E-state index contributed by atoms with van der Waals surface area (Å²) in [5.74, 6) is -0.808. The quantitative estimate of drug-likeness (QED) is 0.0948. The predicted molar refractivity (Wildman–Crippen MR) is 158 cm³/mol. The number of unbranched alkanes of at least 4 members (excludes halogenated alkanes) is 1. The summed E-state index contributed by atoms with van der Waals surface area (Å²) in [6, 6.07) is 21.9. The molecule has 0 bridgehead atoms. The number of nitrogens with zero attached hydrogens (tertiary/aromatic N) is 1. The Morgan fingerprint density at radius 2 is 1.46 bits per heavy atom. The molecule has 0 aliphatic carbocycles. The van der Waals surface area contributed by atoms with Gasteiger partial charge >= 0.3 is 11.9 Å². The first-order valence-electron chi connectivity index (χ1n) is 13.5. The smallest absolute Gasteiger partial charge is 0.326 e. The Morgan fingerprint density at radius 1 is 0.805 bits per heavy atom. The van der Waals surface area contributed by atoms with Crippen LogP contribution in [0.25, 0.3) is 23.1 Å². The van der Waals surface area contributed by atoms with Crippen LogP contribution >= 0.6 is 0 Å². The number of aromatic nitrogens is 1. The largest absolute Gasteiger partial charge is 0.494 e. The number of ether oxygens (including phenoxy) is 2. The third kappa shape index (κ3) is 7.85. The minimum absolute atomic E-state index is 0.161. The van der Waals surface area contributed by atoms with Crippen molar-refractivity contribution in [2.24, 2.45) is 0 Å². The monoisotopic (exact) mass is 555 g/mol. The molecule has 0 spiro atoms. The fourth-order valence-electron chi connectivity index (χ4n) is 4.44. The minimum atomic E-state index is -1.06. The molecule has 4 aromatic rings. The van der Waals surface area contributed by atoms with E-state index < -0.39 is 18.0 Å². The highest BCUT2D eigenvalue weighted by atomic mass is 16.5. The van der Waals surface area contributed by atoms with Crippen molar-refractivity contribution in [1.82, 2.24) is 4.57 Å². The number of Topliss-reactive ketones (excluding diaryl/α,β-unsaturated/α-hetero) is 1. The zero-order valence-electron chi connectivity index (χ0n) is 22.9. The zero-order valence-corrected chi connectivity index (χ0v) is 22.9. The highest BCUT2D eigenvalue weighted by Crippen LogP contribution is 2.30. The second-order valence-corrected chi connectivity index (χ2v) is 9.64. The Kier molecular flexibility index (Phi) is 9.94. The topological polar surface area (TPSA) is 115 Å². The molecular formula is C33H33NO7. The van der Waals surface area contributed by atoms with E-state index >= 15 is 0 Å². The van der Waals surface area contributed by atoms with Crippen molar-refractivity contribution in [3.05, 3.63) is 95.7 Å². The van der Waals surface area contributed by atoms with Crippen molar-refractivity contribution < 1.29 is 34.1 Å². The highest BCUT2D eigenvalue weighted by molar-refractivity contribution is 6.10. The van der Waals surface area contributed by atoms with Gasteiger partial charge in [0.25, 0.3) is 0 Å². The predicted octanol–water partition coefficient (Wildman–Crippen LogP) is 6.74. The summed E-state index contributed by atoms with van der Waals surface area (Å²) in [5.41, 5.74) is 2.59. The van der Waals surface area contributed by atoms with E-state index in [4.69, 9.17) is 14.6 Å². The van der Waals surface area contributed by atoms with Gasteiger partial charge in [-0.05, 0) is 55.2 Å². The molecule has 1 atom stereocenters. The second kappa shape index (κ2) is 14.0. The van der Waals surface area contributed by atoms with Gasteiger partial charge in [-0.1, -0.05) is 60.7 Å². The summed E-state index contributed by atoms with van der Waals surface area (Å²) in [6.45, 7) is 2.76. The van der Waals surface area contributed by atoms with Crippen molar-refractivity contribution >= 4 is 40.8 Å². The molecule has 8 nitrogen and oxygen atoms in total. The molecule has 41 heavy (non-hydrogen) atoms. The van der Waals surface area contributed by atoms with Gasteiger partial charge < -0.3 is 24.3 Å². The molecule has 4 rings (SSSR count). The lowest BCUT2D eigenvalue weighted by atomic mass is 10.0. The molecule has 8 heteroatoms. The summed E-state index contributed by atoms with van der Waals surface area (Å²) in [5, 5.41) is 19.2. The maximum Gasteiger partial charge on any atom is 0.326 e. The van der Waals surface area contributed by atoms with E-state index in [2.05, 4.69) is 0 Å². The van der Waals surface area contributed by atoms with Crippen LogP contribution in [-0.2, 0) is 9.59 Å². The van der Waals surface area contributed by atoms with Gasteiger partial charge in [0.05, 0.1) is 25.2 Å². The number of ketones is 1. The van der Waals surface area contributed by atoms with Crippen LogP contribution in [0.4, 0.5) is 0 Å². The number of aliphatic carboxylic acids is 2. The number of hydrogen-bond acceptors (Lipinski definition) is 5. The Balaban J connectivity index is 1.42. The molecule has 0 amide bonds. The van der Waals surface area contributed by atoms with Gasteiger partial charge in [-0.25, -0.2) is 4.79 Å². The number of hydrogen-bond donors (Lipinski definition) is 2. The van der Waals surface area contributed by atoms with Gasteiger partial charge in [0.1, 0.15) is 17.5 Å². The number of carbonyl (C=O) groups is 3. The summed E-state index contributed by atoms with van der Waals surface area (Å²) in [4.78, 5) is 35.6. The lowest BCUT2D eigenvalue weighted by Gasteiger charge is -2.12. The lowest BCUT2D eigenvalue weighted by Crippen LogP contribution is -2.15. The van der Waals surface area contributed by atoms with Crippen LogP contribution in [-0.4, -0.2) is 45.7 Å². The van der Waals surface area contributed by atoms with Crippen LogP contribution in [0.15, 0.2) is 79.0 Å². The molecule has 1 aromatic heterocycles. The molecule has 0 radical (unpaired) electrons. The summed E-state index contributed by atoms with van der Waals surface area (Å²) >= 11 is 0. The Hall–Kier alpha value is -4.85. The van der Waals surface area contributed by atoms with Crippen molar-refractivity contribution in [2.75, 3.05) is 13.2 Å². The Morgan fingerprint density at radius 3 is 2.10 bits per heavy atom. The fraction of sp³-hybridized carbons (Fsp3) is 0.242. The number of carboxylic acid groups (broad SMARTS) is 2. The van der Waals surface area contributed by atoms with Gasteiger partial charge in [-0.2, -0.15) is 0 Å². The lowest BCUT2D eigenvalue weighted by molar-refractivity contribution is -0.140. The molecule has 3 aromatic carbocycles. The first-order valence-corrected chi connectivity index (χ1v) is 13.5. The van der Waals surface area contributed by atoms with E-state index in [9.17, 15) is 19.5 Å². The molecule has 0 aliphatic heterocycles. The molecule has 212 valence electrons. The number of benzene rings is 3. The normalized spacial score (nSPS) is 11.9. The van der Waals surface area contributed by atoms with Crippen LogP contribution in [0, 0.1) is 0 Å². The molecule has 2 N–H and O–H groups in total. The van der Waals surface area contributed by atoms with E-state index in [0.717, 1.165) is 35.5 Å². The van der Waals surface area contributed by atoms with Crippen LogP contribution in [0.5, 0.6) is 11.5 Å². The molecular weight excluding hydrogens is 522 g/mol. The average molecular weight is 556 g/mol. The number of fused-ring (bicyclic) bond motifs is 1. The van der Waals surface area contributed by atoms with Crippen LogP contribution in [0.3, 0.4) is 0 Å². The Labute approximate surface area is 238 Å². The fourth-order valence-corrected chi connectivity index (χ4v) is 4.44. The first kappa shape index (κ1) is 29.1. The molecule has 1 unspecified atom stereocenters. The van der Waals surface area contributed by atoms with Gasteiger partial charge in [0.2, 0.25) is 0 Å². The first-order chi connectivity index (χ1) is 19.8. The number of carboxylic acids is 2. The third-order valence-electron chi connectivity index (χ3n) is 6.68. The zero-order chi connectivity index (χ0) is 29.2. The number of rotatable bonds is 15. The molecule has 0 fully saturated rings. The van der Waals surface area contributed by atoms with Gasteiger partial charge in [-0.3, -0.25) is 9.59 Å². The number of carbonyl (C=O) groups excluding carboxylic acids is 1. The van der Waals surface area contributed by atoms with Gasteiger partial charge in [0.15, 0.2) is 5.78 Å². The van der Waals surface area contributed by atoms with Crippen LogP contribution < -0.4 is 9.47 Å². The Bertz CT molecular complexity index is 1520. The highest BCUT2D eigenvalue weighted by Gasteiger charge is 2.22. The summed E-state index contributed by atoms with van der Waals surface area (Å²) in [6.07, 6.45) is 6.61. The van der Waals surface area contributed by atoms with E-state index in [1.54, 1.807) is 23.6 Å². The third-order valence-corrected chi connectivity index (χ3v) is 6.68. The number of para-hydroxylation sites is 2. The van der Waals surface area contributed by atoms with Gasteiger partial charge in [-0.15, -0.1) is 0 Å². The van der Waals surface area contributed by atoms with Crippen molar-refractivity contribution in [1.29, 1.82) is 0 Å². The standard InChI is InChI=1S/C33H33NO7/c1-23(33(38)39)34-22-29(30(35)18-19-31(36)37)28-11-7-8-25(32(28)34)15-12-24-13-16-27(17-14-24)41-21-6-5-20-40-26-9-3-2-4-10-26/h2-4,7-17,22-23H,5-6,18-21H2,1H3,(H,36,37)(H,38,39)/b15-12+. The van der Waals surface area contributed by atoms with E-state index in [1.165, 1.54) is 6.20 Å². The summed E-state index contributed by atoms with van der Waals surface area (Å²) < 4.78 is 13.1. The van der Waals surface area contributed by atoms with Crippen LogP contribution in [0.2, 0.25) is 0 Å².